The van der Waals surface area contributed by atoms with Gasteiger partial charge in [0.15, 0.2) is 0 Å². The second kappa shape index (κ2) is 5.69. The molecule has 0 saturated carbocycles. The van der Waals surface area contributed by atoms with E-state index in [1.54, 1.807) is 42.0 Å². The van der Waals surface area contributed by atoms with Crippen LogP contribution < -0.4 is 4.74 Å². The van der Waals surface area contributed by atoms with Gasteiger partial charge in [0, 0.05) is 21.4 Å². The molecule has 0 unspecified atom stereocenters. The average molecular weight is 336 g/mol. The molecule has 24 heavy (non-hydrogen) atoms. The lowest BCUT2D eigenvalue weighted by atomic mass is 10.2. The van der Waals surface area contributed by atoms with Gasteiger partial charge < -0.3 is 4.74 Å². The molecule has 0 bridgehead atoms. The Bertz CT molecular complexity index is 1060. The highest BCUT2D eigenvalue weighted by molar-refractivity contribution is 6.32. The minimum absolute atomic E-state index is 0.0776. The standard InChI is InChI=1S/C20H14ClNO2/c1-24-15-9-6-13(7-10-15)20(23)22-18-5-3-2-4-16(18)17-12-14(21)8-11-19(17)22/h2-12H,1H3. The van der Waals surface area contributed by atoms with Crippen molar-refractivity contribution < 1.29 is 9.53 Å². The Morgan fingerprint density at radius 2 is 1.62 bits per heavy atom. The number of para-hydroxylation sites is 1. The van der Waals surface area contributed by atoms with Gasteiger partial charge >= 0.3 is 0 Å². The molecule has 4 aromatic rings. The van der Waals surface area contributed by atoms with E-state index in [-0.39, 0.29) is 5.91 Å². The quantitative estimate of drug-likeness (QED) is 0.507. The summed E-state index contributed by atoms with van der Waals surface area (Å²) in [6.07, 6.45) is 0. The first-order chi connectivity index (χ1) is 11.7. The predicted molar refractivity (Wildman–Crippen MR) is 97.2 cm³/mol. The molecule has 0 radical (unpaired) electrons. The molecule has 0 amide bonds. The van der Waals surface area contributed by atoms with Crippen LogP contribution in [0, 0.1) is 0 Å². The molecule has 1 heterocycles. The smallest absolute Gasteiger partial charge is 0.262 e. The first-order valence-electron chi connectivity index (χ1n) is 7.56. The molecule has 118 valence electrons. The molecule has 1 aromatic heterocycles. The minimum Gasteiger partial charge on any atom is -0.497 e. The summed E-state index contributed by atoms with van der Waals surface area (Å²) in [4.78, 5) is 13.1. The molecule has 3 aromatic carbocycles. The summed E-state index contributed by atoms with van der Waals surface area (Å²) in [7, 11) is 1.60. The van der Waals surface area contributed by atoms with E-state index in [9.17, 15) is 4.79 Å². The summed E-state index contributed by atoms with van der Waals surface area (Å²) in [5.74, 6) is 0.645. The summed E-state index contributed by atoms with van der Waals surface area (Å²) in [6, 6.07) is 20.6. The Kier molecular flexibility index (Phi) is 3.51. The Morgan fingerprint density at radius 1 is 0.917 bits per heavy atom. The molecule has 0 saturated heterocycles. The maximum atomic E-state index is 13.1. The highest BCUT2D eigenvalue weighted by atomic mass is 35.5. The minimum atomic E-state index is -0.0776. The molecule has 0 spiro atoms. The fourth-order valence-corrected chi connectivity index (χ4v) is 3.20. The molecule has 0 aliphatic carbocycles. The van der Waals surface area contributed by atoms with Crippen LogP contribution in [0.5, 0.6) is 5.75 Å². The molecule has 3 nitrogen and oxygen atoms in total. The SMILES string of the molecule is COc1ccc(C(=O)n2c3ccccc3c3cc(Cl)ccc32)cc1. The molecule has 0 aliphatic rings. The second-order valence-electron chi connectivity index (χ2n) is 5.55. The van der Waals surface area contributed by atoms with Crippen LogP contribution in [-0.4, -0.2) is 17.6 Å². The summed E-state index contributed by atoms with van der Waals surface area (Å²) < 4.78 is 6.90. The lowest BCUT2D eigenvalue weighted by molar-refractivity contribution is 0.0969. The third-order valence-corrected chi connectivity index (χ3v) is 4.41. The number of hydrogen-bond acceptors (Lipinski definition) is 2. The van der Waals surface area contributed by atoms with Gasteiger partial charge in [-0.1, -0.05) is 29.8 Å². The number of aromatic nitrogens is 1. The highest BCUT2D eigenvalue weighted by Crippen LogP contribution is 2.31. The highest BCUT2D eigenvalue weighted by Gasteiger charge is 2.17. The zero-order chi connectivity index (χ0) is 16.7. The van der Waals surface area contributed by atoms with Gasteiger partial charge in [-0.2, -0.15) is 0 Å². The average Bonchev–Trinajstić information content (AvgIpc) is 2.95. The van der Waals surface area contributed by atoms with Gasteiger partial charge in [-0.15, -0.1) is 0 Å². The summed E-state index contributed by atoms with van der Waals surface area (Å²) in [5, 5.41) is 2.64. The van der Waals surface area contributed by atoms with Crippen LogP contribution in [-0.2, 0) is 0 Å². The van der Waals surface area contributed by atoms with Crippen LogP contribution in [0.25, 0.3) is 21.8 Å². The van der Waals surface area contributed by atoms with Crippen LogP contribution in [0.15, 0.2) is 66.7 Å². The van der Waals surface area contributed by atoms with E-state index in [1.165, 1.54) is 0 Å². The second-order valence-corrected chi connectivity index (χ2v) is 5.98. The number of halogens is 1. The monoisotopic (exact) mass is 335 g/mol. The zero-order valence-corrected chi connectivity index (χ0v) is 13.7. The van der Waals surface area contributed by atoms with Crippen molar-refractivity contribution in [2.75, 3.05) is 7.11 Å². The van der Waals surface area contributed by atoms with Gasteiger partial charge in [-0.05, 0) is 48.5 Å². The number of ether oxygens (including phenoxy) is 1. The Morgan fingerprint density at radius 3 is 2.38 bits per heavy atom. The Labute approximate surface area is 144 Å². The number of nitrogens with zero attached hydrogens (tertiary/aromatic N) is 1. The number of hydrogen-bond donors (Lipinski definition) is 0. The van der Waals surface area contributed by atoms with Crippen molar-refractivity contribution in [1.29, 1.82) is 0 Å². The third kappa shape index (κ3) is 2.25. The van der Waals surface area contributed by atoms with Crippen molar-refractivity contribution >= 4 is 39.3 Å². The van der Waals surface area contributed by atoms with E-state index in [4.69, 9.17) is 16.3 Å². The van der Waals surface area contributed by atoms with Crippen molar-refractivity contribution in [1.82, 2.24) is 4.57 Å². The normalized spacial score (nSPS) is 11.1. The van der Waals surface area contributed by atoms with Gasteiger partial charge in [-0.3, -0.25) is 9.36 Å². The summed E-state index contributed by atoms with van der Waals surface area (Å²) >= 11 is 6.15. The number of carbonyl (C=O) groups is 1. The number of carbonyl (C=O) groups excluding carboxylic acids is 1. The maximum absolute atomic E-state index is 13.1. The Balaban J connectivity index is 1.98. The number of fused-ring (bicyclic) bond motifs is 3. The van der Waals surface area contributed by atoms with Crippen LogP contribution in [0.3, 0.4) is 0 Å². The van der Waals surface area contributed by atoms with Crippen LogP contribution >= 0.6 is 11.6 Å². The van der Waals surface area contributed by atoms with Crippen molar-refractivity contribution in [3.63, 3.8) is 0 Å². The molecule has 0 aliphatic heterocycles. The Hall–Kier alpha value is -2.78. The largest absolute Gasteiger partial charge is 0.497 e. The third-order valence-electron chi connectivity index (χ3n) is 4.17. The summed E-state index contributed by atoms with van der Waals surface area (Å²) in [6.45, 7) is 0. The molecule has 4 rings (SSSR count). The number of methoxy groups -OCH3 is 1. The molecule has 0 N–H and O–H groups in total. The molecule has 4 heteroatoms. The molecular weight excluding hydrogens is 322 g/mol. The van der Waals surface area contributed by atoms with Gasteiger partial charge in [0.1, 0.15) is 5.75 Å². The number of benzene rings is 3. The number of rotatable bonds is 2. The van der Waals surface area contributed by atoms with E-state index in [1.807, 2.05) is 36.4 Å². The lowest BCUT2D eigenvalue weighted by Crippen LogP contribution is -2.11. The fourth-order valence-electron chi connectivity index (χ4n) is 3.03. The maximum Gasteiger partial charge on any atom is 0.262 e. The summed E-state index contributed by atoms with van der Waals surface area (Å²) in [5.41, 5.74) is 2.32. The van der Waals surface area contributed by atoms with E-state index >= 15 is 0 Å². The van der Waals surface area contributed by atoms with Gasteiger partial charge in [0.25, 0.3) is 5.91 Å². The molecule has 0 atom stereocenters. The van der Waals surface area contributed by atoms with Gasteiger partial charge in [0.05, 0.1) is 18.1 Å². The zero-order valence-electron chi connectivity index (χ0n) is 13.0. The van der Waals surface area contributed by atoms with Crippen LogP contribution in [0.2, 0.25) is 5.02 Å². The first-order valence-corrected chi connectivity index (χ1v) is 7.94. The van der Waals surface area contributed by atoms with Crippen molar-refractivity contribution in [3.8, 4) is 5.75 Å². The fraction of sp³-hybridized carbons (Fsp3) is 0.0500. The predicted octanol–water partition coefficient (Wildman–Crippen LogP) is 5.15. The van der Waals surface area contributed by atoms with Crippen LogP contribution in [0.1, 0.15) is 10.4 Å². The van der Waals surface area contributed by atoms with E-state index < -0.39 is 0 Å². The van der Waals surface area contributed by atoms with E-state index in [0.29, 0.717) is 10.6 Å². The first kappa shape index (κ1) is 14.8. The van der Waals surface area contributed by atoms with E-state index in [0.717, 1.165) is 27.6 Å². The van der Waals surface area contributed by atoms with Crippen molar-refractivity contribution in [3.05, 3.63) is 77.3 Å². The van der Waals surface area contributed by atoms with Crippen LogP contribution in [0.4, 0.5) is 0 Å². The van der Waals surface area contributed by atoms with Crippen molar-refractivity contribution in [2.45, 2.75) is 0 Å². The molecular formula is C20H14ClNO2. The topological polar surface area (TPSA) is 31.2 Å². The van der Waals surface area contributed by atoms with Crippen molar-refractivity contribution in [2.24, 2.45) is 0 Å². The van der Waals surface area contributed by atoms with Gasteiger partial charge in [0.2, 0.25) is 0 Å². The lowest BCUT2D eigenvalue weighted by Gasteiger charge is -2.07. The van der Waals surface area contributed by atoms with E-state index in [2.05, 4.69) is 0 Å². The van der Waals surface area contributed by atoms with Gasteiger partial charge in [-0.25, -0.2) is 0 Å². The molecule has 0 fully saturated rings.